The maximum absolute atomic E-state index is 3.92. The van der Waals surface area contributed by atoms with Crippen LogP contribution in [0.1, 0.15) is 6.42 Å². The van der Waals surface area contributed by atoms with Crippen molar-refractivity contribution < 1.29 is 0 Å². The normalized spacial score (nSPS) is 17.0. The third-order valence-corrected chi connectivity index (χ3v) is 1.11. The average Bonchev–Trinajstić information content (AvgIpc) is 2.15. The van der Waals surface area contributed by atoms with Gasteiger partial charge in [-0.1, -0.05) is 0 Å². The Kier molecular flexibility index (Phi) is 1.95. The second-order valence-corrected chi connectivity index (χ2v) is 2.41. The summed E-state index contributed by atoms with van der Waals surface area (Å²) in [5.74, 6) is 0. The lowest BCUT2D eigenvalue weighted by Gasteiger charge is -2.06. The highest BCUT2D eigenvalue weighted by Gasteiger charge is 2.02. The van der Waals surface area contributed by atoms with Crippen LogP contribution in [0.2, 0.25) is 0 Å². The smallest absolute Gasteiger partial charge is 0.0599 e. The van der Waals surface area contributed by atoms with Gasteiger partial charge in [-0.15, -0.1) is 0 Å². The van der Waals surface area contributed by atoms with Crippen LogP contribution in [0.3, 0.4) is 0 Å². The first kappa shape index (κ1) is 6.42. The Morgan fingerprint density at radius 1 is 1.67 bits per heavy atom. The summed E-state index contributed by atoms with van der Waals surface area (Å²) in [6.07, 6.45) is 2.76. The summed E-state index contributed by atoms with van der Waals surface area (Å²) in [6, 6.07) is 0. The second kappa shape index (κ2) is 2.73. The van der Waals surface area contributed by atoms with Crippen molar-refractivity contribution in [1.29, 1.82) is 0 Å². The van der Waals surface area contributed by atoms with Crippen LogP contribution in [-0.4, -0.2) is 37.5 Å². The van der Waals surface area contributed by atoms with Gasteiger partial charge in [-0.3, -0.25) is 0 Å². The van der Waals surface area contributed by atoms with E-state index in [1.54, 1.807) is 0 Å². The second-order valence-electron chi connectivity index (χ2n) is 2.41. The fourth-order valence-electron chi connectivity index (χ4n) is 0.771. The van der Waals surface area contributed by atoms with Gasteiger partial charge in [-0.05, 0) is 14.1 Å². The number of hydrogen-bond acceptors (Lipinski definition) is 3. The van der Waals surface area contributed by atoms with E-state index < -0.39 is 0 Å². The summed E-state index contributed by atoms with van der Waals surface area (Å²) < 4.78 is 0. The molecular formula is C6H11N3. The van der Waals surface area contributed by atoms with Crippen LogP contribution in [0.25, 0.3) is 0 Å². The molecule has 1 heterocycles. The molecule has 0 aromatic heterocycles. The third kappa shape index (κ3) is 1.93. The van der Waals surface area contributed by atoms with Gasteiger partial charge < -0.3 is 4.90 Å². The molecule has 9 heavy (non-hydrogen) atoms. The van der Waals surface area contributed by atoms with E-state index in [2.05, 4.69) is 15.1 Å². The summed E-state index contributed by atoms with van der Waals surface area (Å²) in [5, 5.41) is 7.67. The molecule has 0 spiro atoms. The van der Waals surface area contributed by atoms with Crippen LogP contribution in [-0.2, 0) is 0 Å². The molecule has 0 atom stereocenters. The Hall–Kier alpha value is -0.700. The molecular weight excluding hydrogens is 114 g/mol. The van der Waals surface area contributed by atoms with Crippen molar-refractivity contribution in [3.63, 3.8) is 0 Å². The predicted molar refractivity (Wildman–Crippen MR) is 39.1 cm³/mol. The SMILES string of the molecule is CN(C)CC1=NN=CC1. The molecule has 0 unspecified atom stereocenters. The molecule has 0 radical (unpaired) electrons. The van der Waals surface area contributed by atoms with Crippen molar-refractivity contribution in [2.24, 2.45) is 10.2 Å². The summed E-state index contributed by atoms with van der Waals surface area (Å²) in [6.45, 7) is 0.931. The minimum Gasteiger partial charge on any atom is -0.304 e. The number of nitrogens with zero attached hydrogens (tertiary/aromatic N) is 3. The lowest BCUT2D eigenvalue weighted by Crippen LogP contribution is -2.20. The Bertz CT molecular complexity index is 146. The molecule has 0 bridgehead atoms. The first-order valence-electron chi connectivity index (χ1n) is 3.01. The number of hydrogen-bond donors (Lipinski definition) is 0. The maximum Gasteiger partial charge on any atom is 0.0599 e. The minimum absolute atomic E-state index is 0.929. The lowest BCUT2D eigenvalue weighted by molar-refractivity contribution is 0.468. The molecule has 50 valence electrons. The molecule has 0 fully saturated rings. The first-order valence-corrected chi connectivity index (χ1v) is 3.01. The van der Waals surface area contributed by atoms with Gasteiger partial charge in [-0.2, -0.15) is 10.2 Å². The third-order valence-electron chi connectivity index (χ3n) is 1.11. The average molecular weight is 125 g/mol. The van der Waals surface area contributed by atoms with Crippen molar-refractivity contribution in [3.05, 3.63) is 0 Å². The van der Waals surface area contributed by atoms with Gasteiger partial charge in [0.05, 0.1) is 5.71 Å². The summed E-state index contributed by atoms with van der Waals surface area (Å²) in [7, 11) is 4.06. The number of rotatable bonds is 2. The fraction of sp³-hybridized carbons (Fsp3) is 0.667. The van der Waals surface area contributed by atoms with E-state index in [-0.39, 0.29) is 0 Å². The van der Waals surface area contributed by atoms with E-state index in [4.69, 9.17) is 0 Å². The topological polar surface area (TPSA) is 28.0 Å². The zero-order valence-electron chi connectivity index (χ0n) is 5.83. The molecule has 0 aromatic rings. The molecule has 0 amide bonds. The van der Waals surface area contributed by atoms with Crippen LogP contribution in [0, 0.1) is 0 Å². The summed E-state index contributed by atoms with van der Waals surface area (Å²) in [4.78, 5) is 2.09. The Labute approximate surface area is 55.1 Å². The summed E-state index contributed by atoms with van der Waals surface area (Å²) >= 11 is 0. The van der Waals surface area contributed by atoms with E-state index in [9.17, 15) is 0 Å². The predicted octanol–water partition coefficient (Wildman–Crippen LogP) is 0.378. The van der Waals surface area contributed by atoms with Crippen LogP contribution in [0.15, 0.2) is 10.2 Å². The molecule has 0 saturated carbocycles. The molecule has 0 aliphatic carbocycles. The zero-order valence-corrected chi connectivity index (χ0v) is 5.83. The van der Waals surface area contributed by atoms with Crippen molar-refractivity contribution in [1.82, 2.24) is 4.90 Å². The zero-order chi connectivity index (χ0) is 6.69. The molecule has 0 saturated heterocycles. The van der Waals surface area contributed by atoms with Crippen LogP contribution in [0.4, 0.5) is 0 Å². The van der Waals surface area contributed by atoms with Gasteiger partial charge in [0.2, 0.25) is 0 Å². The van der Waals surface area contributed by atoms with Gasteiger partial charge in [0.25, 0.3) is 0 Å². The molecule has 0 aromatic carbocycles. The Morgan fingerprint density at radius 2 is 2.44 bits per heavy atom. The highest BCUT2D eigenvalue weighted by Crippen LogP contribution is 1.94. The standard InChI is InChI=1S/C6H11N3/c1-9(2)5-6-3-4-7-8-6/h4H,3,5H2,1-2H3. The van der Waals surface area contributed by atoms with Gasteiger partial charge in [0.1, 0.15) is 0 Å². The van der Waals surface area contributed by atoms with Crippen molar-refractivity contribution in [2.45, 2.75) is 6.42 Å². The molecule has 3 heteroatoms. The van der Waals surface area contributed by atoms with Crippen LogP contribution >= 0.6 is 0 Å². The van der Waals surface area contributed by atoms with E-state index in [1.165, 1.54) is 0 Å². The van der Waals surface area contributed by atoms with Crippen LogP contribution in [0.5, 0.6) is 0 Å². The maximum atomic E-state index is 3.92. The molecule has 1 rings (SSSR count). The van der Waals surface area contributed by atoms with E-state index in [0.717, 1.165) is 18.7 Å². The lowest BCUT2D eigenvalue weighted by atomic mass is 10.3. The Morgan fingerprint density at radius 3 is 2.89 bits per heavy atom. The first-order chi connectivity index (χ1) is 4.29. The van der Waals surface area contributed by atoms with E-state index >= 15 is 0 Å². The van der Waals surface area contributed by atoms with Gasteiger partial charge in [0, 0.05) is 19.2 Å². The molecule has 0 N–H and O–H groups in total. The minimum atomic E-state index is 0.929. The largest absolute Gasteiger partial charge is 0.304 e. The highest BCUT2D eigenvalue weighted by molar-refractivity contribution is 5.99. The quantitative estimate of drug-likeness (QED) is 0.524. The van der Waals surface area contributed by atoms with Crippen molar-refractivity contribution in [3.8, 4) is 0 Å². The van der Waals surface area contributed by atoms with Gasteiger partial charge in [-0.25, -0.2) is 0 Å². The Balaban J connectivity index is 2.30. The van der Waals surface area contributed by atoms with Crippen molar-refractivity contribution in [2.75, 3.05) is 20.6 Å². The van der Waals surface area contributed by atoms with Gasteiger partial charge in [0.15, 0.2) is 0 Å². The monoisotopic (exact) mass is 125 g/mol. The van der Waals surface area contributed by atoms with E-state index in [1.807, 2.05) is 20.3 Å². The van der Waals surface area contributed by atoms with E-state index in [0.29, 0.717) is 0 Å². The van der Waals surface area contributed by atoms with Gasteiger partial charge >= 0.3 is 0 Å². The fourth-order valence-corrected chi connectivity index (χ4v) is 0.771. The molecule has 1 aliphatic heterocycles. The molecule has 3 nitrogen and oxygen atoms in total. The van der Waals surface area contributed by atoms with Crippen molar-refractivity contribution >= 4 is 11.9 Å². The van der Waals surface area contributed by atoms with Crippen LogP contribution < -0.4 is 0 Å². The summed E-state index contributed by atoms with van der Waals surface area (Å²) in [5.41, 5.74) is 1.15. The molecule has 1 aliphatic rings. The highest BCUT2D eigenvalue weighted by atomic mass is 15.2.